The summed E-state index contributed by atoms with van der Waals surface area (Å²) in [6.07, 6.45) is 0.306. The van der Waals surface area contributed by atoms with E-state index in [0.29, 0.717) is 12.2 Å². The molecule has 146 valence electrons. The van der Waals surface area contributed by atoms with Gasteiger partial charge >= 0.3 is 0 Å². The van der Waals surface area contributed by atoms with Gasteiger partial charge in [0.25, 0.3) is 0 Å². The Balaban J connectivity index is 2.05. The second kappa shape index (κ2) is 8.19. The second-order valence-corrected chi connectivity index (χ2v) is 8.88. The number of thioether (sulfide) groups is 1. The molecule has 0 saturated heterocycles. The topological polar surface area (TPSA) is 73.8 Å². The lowest BCUT2D eigenvalue weighted by Gasteiger charge is -2.19. The number of aromatic nitrogens is 3. The van der Waals surface area contributed by atoms with Crippen LogP contribution in [-0.2, 0) is 10.2 Å². The van der Waals surface area contributed by atoms with Crippen molar-refractivity contribution in [2.24, 2.45) is 5.73 Å². The molecule has 0 aliphatic carbocycles. The van der Waals surface area contributed by atoms with Crippen molar-refractivity contribution in [3.8, 4) is 17.1 Å². The fourth-order valence-electron chi connectivity index (χ4n) is 2.94. The number of hydrogen-bond donors (Lipinski definition) is 1. The molecule has 0 spiro atoms. The molecule has 3 rings (SSSR count). The van der Waals surface area contributed by atoms with E-state index >= 15 is 0 Å². The van der Waals surface area contributed by atoms with Crippen molar-refractivity contribution in [1.82, 2.24) is 14.8 Å². The predicted molar refractivity (Wildman–Crippen MR) is 115 cm³/mol. The highest BCUT2D eigenvalue weighted by molar-refractivity contribution is 7.99. The summed E-state index contributed by atoms with van der Waals surface area (Å²) < 4.78 is 2.06. The van der Waals surface area contributed by atoms with Gasteiger partial charge in [-0.3, -0.25) is 9.36 Å². The molecular weight excluding hydrogens is 368 g/mol. The molecule has 0 bridgehead atoms. The minimum atomic E-state index is -0.313. The molecule has 0 aliphatic rings. The van der Waals surface area contributed by atoms with E-state index in [-0.39, 0.29) is 11.3 Å². The number of para-hydroxylation sites is 1. The Hall–Kier alpha value is -2.60. The summed E-state index contributed by atoms with van der Waals surface area (Å²) in [4.78, 5) is 11.1. The van der Waals surface area contributed by atoms with Gasteiger partial charge in [0.15, 0.2) is 11.0 Å². The number of carbonyl (C=O) groups is 1. The van der Waals surface area contributed by atoms with Crippen LogP contribution in [-0.4, -0.2) is 26.4 Å². The molecule has 2 N–H and O–H groups in total. The first-order valence-electron chi connectivity index (χ1n) is 9.31. The molecule has 1 amide bonds. The van der Waals surface area contributed by atoms with Crippen LogP contribution in [0.15, 0.2) is 53.7 Å². The molecule has 0 radical (unpaired) electrons. The maximum Gasteiger partial charge on any atom is 0.218 e. The van der Waals surface area contributed by atoms with E-state index in [0.717, 1.165) is 27.8 Å². The van der Waals surface area contributed by atoms with E-state index in [1.807, 2.05) is 12.1 Å². The third kappa shape index (κ3) is 4.44. The average molecular weight is 395 g/mol. The lowest BCUT2D eigenvalue weighted by atomic mass is 9.87. The Morgan fingerprint density at radius 3 is 2.36 bits per heavy atom. The van der Waals surface area contributed by atoms with Crippen LogP contribution >= 0.6 is 11.8 Å². The van der Waals surface area contributed by atoms with Gasteiger partial charge < -0.3 is 5.73 Å². The predicted octanol–water partition coefficient (Wildman–Crippen LogP) is 4.51. The van der Waals surface area contributed by atoms with Crippen LogP contribution in [0.5, 0.6) is 0 Å². The maximum absolute atomic E-state index is 11.1. The Kier molecular flexibility index (Phi) is 5.89. The lowest BCUT2D eigenvalue weighted by molar-refractivity contribution is -0.117. The molecule has 3 aromatic rings. The Labute approximate surface area is 170 Å². The number of amides is 1. The largest absolute Gasteiger partial charge is 0.370 e. The number of benzene rings is 2. The molecule has 5 nitrogen and oxygen atoms in total. The number of primary amides is 1. The van der Waals surface area contributed by atoms with Gasteiger partial charge in [0, 0.05) is 17.7 Å². The Bertz CT molecular complexity index is 971. The zero-order valence-corrected chi connectivity index (χ0v) is 17.6. The smallest absolute Gasteiger partial charge is 0.218 e. The third-order valence-electron chi connectivity index (χ3n) is 4.58. The first kappa shape index (κ1) is 20.1. The van der Waals surface area contributed by atoms with Crippen molar-refractivity contribution < 1.29 is 4.79 Å². The van der Waals surface area contributed by atoms with Crippen LogP contribution in [0.1, 0.15) is 38.3 Å². The number of aryl methyl sites for hydroxylation is 1. The maximum atomic E-state index is 11.1. The summed E-state index contributed by atoms with van der Waals surface area (Å²) >= 11 is 1.49. The van der Waals surface area contributed by atoms with E-state index in [2.05, 4.69) is 78.9 Å². The third-order valence-corrected chi connectivity index (χ3v) is 5.51. The molecule has 2 aromatic carbocycles. The monoisotopic (exact) mass is 394 g/mol. The highest BCUT2D eigenvalue weighted by Crippen LogP contribution is 2.31. The summed E-state index contributed by atoms with van der Waals surface area (Å²) in [5.74, 6) is 1.05. The molecule has 6 heteroatoms. The molecule has 1 aromatic heterocycles. The van der Waals surface area contributed by atoms with Gasteiger partial charge in [-0.1, -0.05) is 75.0 Å². The summed E-state index contributed by atoms with van der Waals surface area (Å²) in [5.41, 5.74) is 9.82. The first-order chi connectivity index (χ1) is 13.3. The van der Waals surface area contributed by atoms with Gasteiger partial charge in [0.1, 0.15) is 0 Å². The SMILES string of the molecule is Cc1ccccc1-n1c(SCCC(N)=O)nnc1-c1ccc(C(C)(C)C)cc1. The molecule has 0 saturated carbocycles. The average Bonchev–Trinajstić information content (AvgIpc) is 3.05. The normalized spacial score (nSPS) is 11.6. The zero-order valence-electron chi connectivity index (χ0n) is 16.8. The van der Waals surface area contributed by atoms with Crippen LogP contribution < -0.4 is 5.73 Å². The van der Waals surface area contributed by atoms with Gasteiger partial charge in [-0.25, -0.2) is 0 Å². The highest BCUT2D eigenvalue weighted by atomic mass is 32.2. The van der Waals surface area contributed by atoms with Gasteiger partial charge in [-0.15, -0.1) is 10.2 Å². The fourth-order valence-corrected chi connectivity index (χ4v) is 3.84. The number of nitrogens with zero attached hydrogens (tertiary/aromatic N) is 3. The Morgan fingerprint density at radius 1 is 1.07 bits per heavy atom. The second-order valence-electron chi connectivity index (χ2n) is 7.82. The van der Waals surface area contributed by atoms with E-state index in [1.54, 1.807) is 0 Å². The first-order valence-corrected chi connectivity index (χ1v) is 10.3. The molecule has 28 heavy (non-hydrogen) atoms. The van der Waals surface area contributed by atoms with Crippen LogP contribution in [0.25, 0.3) is 17.1 Å². The quantitative estimate of drug-likeness (QED) is 0.624. The summed E-state index contributed by atoms with van der Waals surface area (Å²) in [6.45, 7) is 8.67. The lowest BCUT2D eigenvalue weighted by Crippen LogP contribution is -2.11. The van der Waals surface area contributed by atoms with E-state index < -0.39 is 0 Å². The summed E-state index contributed by atoms with van der Waals surface area (Å²) in [6, 6.07) is 16.6. The molecule has 0 unspecified atom stereocenters. The molecule has 0 atom stereocenters. The van der Waals surface area contributed by atoms with Gasteiger partial charge in [-0.2, -0.15) is 0 Å². The summed E-state index contributed by atoms with van der Waals surface area (Å²) in [5, 5.41) is 9.63. The fraction of sp³-hybridized carbons (Fsp3) is 0.318. The highest BCUT2D eigenvalue weighted by Gasteiger charge is 2.19. The minimum absolute atomic E-state index is 0.0952. The van der Waals surface area contributed by atoms with Crippen LogP contribution in [0.3, 0.4) is 0 Å². The van der Waals surface area contributed by atoms with Crippen molar-refractivity contribution >= 4 is 17.7 Å². The number of hydrogen-bond acceptors (Lipinski definition) is 4. The standard InChI is InChI=1S/C22H26N4OS/c1-15-7-5-6-8-18(15)26-20(24-25-21(26)28-14-13-19(23)27)16-9-11-17(12-10-16)22(2,3)4/h5-12H,13-14H2,1-4H3,(H2,23,27). The van der Waals surface area contributed by atoms with Crippen LogP contribution in [0.2, 0.25) is 0 Å². The minimum Gasteiger partial charge on any atom is -0.370 e. The van der Waals surface area contributed by atoms with Gasteiger partial charge in [0.05, 0.1) is 5.69 Å². The number of nitrogens with two attached hydrogens (primary N) is 1. The van der Waals surface area contributed by atoms with Crippen molar-refractivity contribution in [3.63, 3.8) is 0 Å². The molecule has 0 aliphatic heterocycles. The van der Waals surface area contributed by atoms with E-state index in [1.165, 1.54) is 17.3 Å². The van der Waals surface area contributed by atoms with Crippen molar-refractivity contribution in [2.75, 3.05) is 5.75 Å². The molecule has 0 fully saturated rings. The summed E-state index contributed by atoms with van der Waals surface area (Å²) in [7, 11) is 0. The van der Waals surface area contributed by atoms with Crippen LogP contribution in [0, 0.1) is 6.92 Å². The van der Waals surface area contributed by atoms with Gasteiger partial charge in [0.2, 0.25) is 5.91 Å². The molecule has 1 heterocycles. The van der Waals surface area contributed by atoms with Crippen molar-refractivity contribution in [2.45, 2.75) is 44.7 Å². The van der Waals surface area contributed by atoms with Gasteiger partial charge in [-0.05, 0) is 29.5 Å². The zero-order chi connectivity index (χ0) is 20.3. The van der Waals surface area contributed by atoms with E-state index in [4.69, 9.17) is 5.73 Å². The van der Waals surface area contributed by atoms with E-state index in [9.17, 15) is 4.79 Å². The molecular formula is C22H26N4OS. The van der Waals surface area contributed by atoms with Crippen molar-refractivity contribution in [1.29, 1.82) is 0 Å². The van der Waals surface area contributed by atoms with Crippen molar-refractivity contribution in [3.05, 3.63) is 59.7 Å². The number of rotatable bonds is 6. The Morgan fingerprint density at radius 2 is 1.75 bits per heavy atom. The van der Waals surface area contributed by atoms with Crippen LogP contribution in [0.4, 0.5) is 0 Å². The number of carbonyl (C=O) groups excluding carboxylic acids is 1.